The number of carbonyl (C=O) groups is 2. The molecule has 5 aromatic rings. The van der Waals surface area contributed by atoms with Crippen molar-refractivity contribution in [3.63, 3.8) is 0 Å². The van der Waals surface area contributed by atoms with Gasteiger partial charge in [-0.25, -0.2) is 9.97 Å². The molecule has 1 aliphatic heterocycles. The number of pyridine rings is 1. The molecule has 4 heterocycles. The minimum absolute atomic E-state index is 0.00635. The summed E-state index contributed by atoms with van der Waals surface area (Å²) >= 11 is 1.35. The van der Waals surface area contributed by atoms with Crippen molar-refractivity contribution in [1.29, 1.82) is 0 Å². The SMILES string of the molecule is CCCOc1ccc(C2C(=C(O)c3c(C)nc4ccccn34)C(=O)C(=O)N2c2nc3c(C)cc(C)cc3s2)cc1. The quantitative estimate of drug-likeness (QED) is 0.151. The summed E-state index contributed by atoms with van der Waals surface area (Å²) in [5.41, 5.74) is 5.06. The molecule has 0 spiro atoms. The number of thiazole rings is 1. The van der Waals surface area contributed by atoms with Crippen molar-refractivity contribution in [1.82, 2.24) is 14.4 Å². The maximum Gasteiger partial charge on any atom is 0.301 e. The third-order valence-corrected chi connectivity index (χ3v) is 8.07. The van der Waals surface area contributed by atoms with Gasteiger partial charge in [0, 0.05) is 6.20 Å². The average molecular weight is 553 g/mol. The number of amides is 1. The van der Waals surface area contributed by atoms with E-state index in [-0.39, 0.29) is 11.3 Å². The predicted molar refractivity (Wildman–Crippen MR) is 156 cm³/mol. The van der Waals surface area contributed by atoms with E-state index >= 15 is 0 Å². The Labute approximate surface area is 235 Å². The summed E-state index contributed by atoms with van der Waals surface area (Å²) in [5, 5.41) is 12.1. The highest BCUT2D eigenvalue weighted by Gasteiger charge is 2.48. The van der Waals surface area contributed by atoms with Gasteiger partial charge in [0.15, 0.2) is 10.9 Å². The van der Waals surface area contributed by atoms with Crippen molar-refractivity contribution in [3.05, 3.63) is 94.4 Å². The van der Waals surface area contributed by atoms with Crippen LogP contribution in [0.2, 0.25) is 0 Å². The Balaban J connectivity index is 1.57. The standard InChI is InChI=1S/C31H28N4O4S/c1-5-14-39-21-11-9-20(10-12-21)27-24(28(36)26-19(4)32-23-8-6-7-13-34(23)26)29(37)30(38)35(27)31-33-25-18(3)15-17(2)16-22(25)40-31/h6-13,15-16,27,36H,5,14H2,1-4H3. The van der Waals surface area contributed by atoms with E-state index in [0.717, 1.165) is 27.8 Å². The van der Waals surface area contributed by atoms with E-state index in [1.54, 1.807) is 17.5 Å². The number of ether oxygens (including phenoxy) is 1. The van der Waals surface area contributed by atoms with Crippen LogP contribution in [-0.2, 0) is 9.59 Å². The molecule has 40 heavy (non-hydrogen) atoms. The van der Waals surface area contributed by atoms with Gasteiger partial charge in [-0.1, -0.05) is 42.5 Å². The van der Waals surface area contributed by atoms with Gasteiger partial charge in [0.2, 0.25) is 0 Å². The molecule has 0 radical (unpaired) electrons. The Hall–Kier alpha value is -4.50. The van der Waals surface area contributed by atoms with Gasteiger partial charge in [-0.05, 0) is 74.2 Å². The molecule has 1 N–H and O–H groups in total. The summed E-state index contributed by atoms with van der Waals surface area (Å²) in [6.45, 7) is 8.37. The lowest BCUT2D eigenvalue weighted by molar-refractivity contribution is -0.132. The molecule has 0 bridgehead atoms. The van der Waals surface area contributed by atoms with Crippen LogP contribution in [0.3, 0.4) is 0 Å². The summed E-state index contributed by atoms with van der Waals surface area (Å²) in [4.78, 5) is 38.2. The third kappa shape index (κ3) is 4.14. The van der Waals surface area contributed by atoms with Gasteiger partial charge in [0.25, 0.3) is 5.78 Å². The molecular formula is C31H28N4O4S. The molecule has 1 atom stereocenters. The Bertz CT molecular complexity index is 1830. The summed E-state index contributed by atoms with van der Waals surface area (Å²) in [7, 11) is 0. The van der Waals surface area contributed by atoms with Crippen LogP contribution in [0.5, 0.6) is 5.75 Å². The Kier molecular flexibility index (Phi) is 6.38. The van der Waals surface area contributed by atoms with Crippen LogP contribution in [0, 0.1) is 20.8 Å². The Morgan fingerprint density at radius 1 is 1.05 bits per heavy atom. The molecule has 1 unspecified atom stereocenters. The van der Waals surface area contributed by atoms with E-state index in [2.05, 4.69) is 4.98 Å². The fourth-order valence-electron chi connectivity index (χ4n) is 5.30. The molecule has 1 saturated heterocycles. The number of imidazole rings is 1. The minimum Gasteiger partial charge on any atom is -0.505 e. The van der Waals surface area contributed by atoms with Crippen molar-refractivity contribution in [2.75, 3.05) is 11.5 Å². The monoisotopic (exact) mass is 552 g/mol. The number of Topliss-reactive ketones (excluding diaryl/α,β-unsaturated/α-hetero) is 1. The summed E-state index contributed by atoms with van der Waals surface area (Å²) in [6, 6.07) is 15.9. The van der Waals surface area contributed by atoms with Crippen LogP contribution in [-0.4, -0.2) is 37.8 Å². The van der Waals surface area contributed by atoms with Crippen LogP contribution in [0.15, 0.2) is 66.4 Å². The molecule has 0 aliphatic carbocycles. The van der Waals surface area contributed by atoms with Crippen molar-refractivity contribution < 1.29 is 19.4 Å². The number of aliphatic hydroxyl groups excluding tert-OH is 1. The highest BCUT2D eigenvalue weighted by molar-refractivity contribution is 7.22. The van der Waals surface area contributed by atoms with Crippen LogP contribution >= 0.6 is 11.3 Å². The van der Waals surface area contributed by atoms with Crippen molar-refractivity contribution in [2.45, 2.75) is 40.2 Å². The zero-order valence-corrected chi connectivity index (χ0v) is 23.5. The number of aliphatic hydroxyl groups is 1. The number of aryl methyl sites for hydroxylation is 3. The second-order valence-corrected chi connectivity index (χ2v) is 11.0. The first-order valence-corrected chi connectivity index (χ1v) is 14.0. The number of nitrogens with zero attached hydrogens (tertiary/aromatic N) is 4. The minimum atomic E-state index is -0.893. The first-order chi connectivity index (χ1) is 19.3. The highest BCUT2D eigenvalue weighted by atomic mass is 32.1. The van der Waals surface area contributed by atoms with Crippen molar-refractivity contribution in [3.8, 4) is 5.75 Å². The average Bonchev–Trinajstić information content (AvgIpc) is 3.58. The molecule has 2 aromatic carbocycles. The van der Waals surface area contributed by atoms with Gasteiger partial charge in [-0.15, -0.1) is 0 Å². The van der Waals surface area contributed by atoms with E-state index in [0.29, 0.717) is 40.1 Å². The maximum absolute atomic E-state index is 13.7. The van der Waals surface area contributed by atoms with E-state index in [4.69, 9.17) is 9.72 Å². The lowest BCUT2D eigenvalue weighted by Crippen LogP contribution is -2.29. The van der Waals surface area contributed by atoms with E-state index in [9.17, 15) is 14.7 Å². The molecular weight excluding hydrogens is 524 g/mol. The second kappa shape index (κ2) is 9.91. The van der Waals surface area contributed by atoms with Crippen LogP contribution in [0.4, 0.5) is 5.13 Å². The van der Waals surface area contributed by atoms with Gasteiger partial charge in [-0.2, -0.15) is 0 Å². The van der Waals surface area contributed by atoms with Crippen LogP contribution < -0.4 is 9.64 Å². The predicted octanol–water partition coefficient (Wildman–Crippen LogP) is 6.28. The highest BCUT2D eigenvalue weighted by Crippen LogP contribution is 2.45. The molecule has 6 rings (SSSR count). The van der Waals surface area contributed by atoms with Crippen molar-refractivity contribution >= 4 is 49.8 Å². The molecule has 0 saturated carbocycles. The lowest BCUT2D eigenvalue weighted by atomic mass is 9.96. The van der Waals surface area contributed by atoms with Crippen LogP contribution in [0.25, 0.3) is 21.6 Å². The third-order valence-electron chi connectivity index (χ3n) is 7.07. The summed E-state index contributed by atoms with van der Waals surface area (Å²) in [6.07, 6.45) is 2.64. The molecule has 9 heteroatoms. The number of ketones is 1. The smallest absolute Gasteiger partial charge is 0.301 e. The van der Waals surface area contributed by atoms with Gasteiger partial charge in [0.1, 0.15) is 17.1 Å². The number of carbonyl (C=O) groups excluding carboxylic acids is 2. The van der Waals surface area contributed by atoms with Gasteiger partial charge >= 0.3 is 5.91 Å². The fourth-order valence-corrected chi connectivity index (χ4v) is 6.47. The van der Waals surface area contributed by atoms with E-state index < -0.39 is 17.7 Å². The van der Waals surface area contributed by atoms with Gasteiger partial charge in [0.05, 0.1) is 34.1 Å². The largest absolute Gasteiger partial charge is 0.505 e. The van der Waals surface area contributed by atoms with Crippen LogP contribution in [0.1, 0.15) is 47.5 Å². The first-order valence-electron chi connectivity index (χ1n) is 13.1. The van der Waals surface area contributed by atoms with Gasteiger partial charge in [-0.3, -0.25) is 18.9 Å². The van der Waals surface area contributed by atoms with E-state index in [1.165, 1.54) is 16.2 Å². The number of fused-ring (bicyclic) bond motifs is 2. The van der Waals surface area contributed by atoms with E-state index in [1.807, 2.05) is 75.4 Å². The molecule has 1 aliphatic rings. The van der Waals surface area contributed by atoms with Crippen molar-refractivity contribution in [2.24, 2.45) is 0 Å². The Morgan fingerprint density at radius 2 is 1.82 bits per heavy atom. The van der Waals surface area contributed by atoms with Gasteiger partial charge < -0.3 is 9.84 Å². The number of aromatic nitrogens is 3. The summed E-state index contributed by atoms with van der Waals surface area (Å²) in [5.74, 6) is -1.10. The number of rotatable bonds is 6. The zero-order valence-electron chi connectivity index (χ0n) is 22.6. The summed E-state index contributed by atoms with van der Waals surface area (Å²) < 4.78 is 8.41. The second-order valence-electron chi connectivity index (χ2n) is 9.99. The normalized spacial score (nSPS) is 16.9. The molecule has 1 amide bonds. The molecule has 3 aromatic heterocycles. The number of hydrogen-bond acceptors (Lipinski definition) is 7. The first kappa shape index (κ1) is 25.8. The topological polar surface area (TPSA) is 97.0 Å². The molecule has 202 valence electrons. The number of anilines is 1. The molecule has 8 nitrogen and oxygen atoms in total. The lowest BCUT2D eigenvalue weighted by Gasteiger charge is -2.23. The Morgan fingerprint density at radius 3 is 2.58 bits per heavy atom. The zero-order chi connectivity index (χ0) is 28.1. The molecule has 1 fully saturated rings. The fraction of sp³-hybridized carbons (Fsp3) is 0.226. The number of benzene rings is 2. The maximum atomic E-state index is 13.7. The number of hydrogen-bond donors (Lipinski definition) is 1.